The molecule has 262 valence electrons. The van der Waals surface area contributed by atoms with E-state index < -0.39 is 0 Å². The van der Waals surface area contributed by atoms with Crippen molar-refractivity contribution in [3.63, 3.8) is 0 Å². The van der Waals surface area contributed by atoms with Gasteiger partial charge in [-0.2, -0.15) is 0 Å². The zero-order valence-corrected chi connectivity index (χ0v) is 32.5. The van der Waals surface area contributed by atoms with Crippen molar-refractivity contribution < 1.29 is 0 Å². The van der Waals surface area contributed by atoms with Crippen LogP contribution in [0.4, 0.5) is 0 Å². The minimum Gasteiger partial charge on any atom is -0.306 e. The maximum Gasteiger partial charge on any atom is 0.00602 e. The summed E-state index contributed by atoms with van der Waals surface area (Å²) in [7, 11) is 4.42. The van der Waals surface area contributed by atoms with E-state index in [1.54, 1.807) is 0 Å². The zero-order chi connectivity index (χ0) is 33.3. The summed E-state index contributed by atoms with van der Waals surface area (Å²) in [6.07, 6.45) is 17.7. The highest BCUT2D eigenvalue weighted by atomic mass is 15.1. The van der Waals surface area contributed by atoms with Crippen molar-refractivity contribution in [3.8, 4) is 11.8 Å². The van der Waals surface area contributed by atoms with Gasteiger partial charge in [-0.25, -0.2) is 0 Å². The predicted octanol–water partition coefficient (Wildman–Crippen LogP) is 10.7. The molecule has 0 amide bonds. The number of hydrogen-bond donors (Lipinski definition) is 0. The quantitative estimate of drug-likeness (QED) is 0.291. The smallest absolute Gasteiger partial charge is 0.00602 e. The van der Waals surface area contributed by atoms with E-state index in [0.717, 1.165) is 54.3 Å². The molecule has 3 nitrogen and oxygen atoms in total. The van der Waals surface area contributed by atoms with Gasteiger partial charge in [0.2, 0.25) is 0 Å². The predicted molar refractivity (Wildman–Crippen MR) is 200 cm³/mol. The summed E-state index contributed by atoms with van der Waals surface area (Å²) in [4.78, 5) is 7.37. The average Bonchev–Trinajstić information content (AvgIpc) is 3.94. The van der Waals surface area contributed by atoms with Crippen LogP contribution in [0.15, 0.2) is 0 Å². The highest BCUT2D eigenvalue weighted by Gasteiger charge is 2.30. The normalized spacial score (nSPS) is 29.9. The van der Waals surface area contributed by atoms with Crippen molar-refractivity contribution in [2.75, 3.05) is 59.9 Å². The van der Waals surface area contributed by atoms with E-state index >= 15 is 0 Å². The molecule has 0 radical (unpaired) electrons. The van der Waals surface area contributed by atoms with E-state index in [9.17, 15) is 0 Å². The Kier molecular flexibility index (Phi) is 27.2. The van der Waals surface area contributed by atoms with Crippen molar-refractivity contribution in [2.24, 2.45) is 41.4 Å². The minimum absolute atomic E-state index is 0.939. The lowest BCUT2D eigenvalue weighted by Crippen LogP contribution is -2.33. The molecule has 2 aliphatic carbocycles. The van der Waals surface area contributed by atoms with Crippen molar-refractivity contribution >= 4 is 0 Å². The SMILES string of the molecule is CC1CCCN(C)C1.CCC#CCC.CCC1CC1C.CCC1CC1C.CCC1CCN(C)CC1.CCN1CCCC(C)C1. The van der Waals surface area contributed by atoms with Gasteiger partial charge in [0.15, 0.2) is 0 Å². The van der Waals surface area contributed by atoms with E-state index in [4.69, 9.17) is 0 Å². The third-order valence-corrected chi connectivity index (χ3v) is 10.5. The van der Waals surface area contributed by atoms with Gasteiger partial charge in [0.1, 0.15) is 0 Å². The van der Waals surface area contributed by atoms with Crippen LogP contribution >= 0.6 is 0 Å². The van der Waals surface area contributed by atoms with Crippen LogP contribution in [0.25, 0.3) is 0 Å². The molecule has 0 aromatic heterocycles. The van der Waals surface area contributed by atoms with E-state index in [1.807, 2.05) is 0 Å². The van der Waals surface area contributed by atoms with E-state index in [-0.39, 0.29) is 0 Å². The van der Waals surface area contributed by atoms with Crippen LogP contribution in [0.3, 0.4) is 0 Å². The average molecular weight is 618 g/mol. The zero-order valence-electron chi connectivity index (χ0n) is 32.5. The van der Waals surface area contributed by atoms with Crippen LogP contribution in [0.1, 0.15) is 153 Å². The van der Waals surface area contributed by atoms with Crippen molar-refractivity contribution in [1.29, 1.82) is 0 Å². The Balaban J connectivity index is 0.000000509. The third kappa shape index (κ3) is 24.6. The summed E-state index contributed by atoms with van der Waals surface area (Å²) in [5.41, 5.74) is 0. The van der Waals surface area contributed by atoms with E-state index in [0.29, 0.717) is 0 Å². The van der Waals surface area contributed by atoms with Gasteiger partial charge in [0.25, 0.3) is 0 Å². The molecule has 0 N–H and O–H groups in total. The molecule has 5 rings (SSSR count). The topological polar surface area (TPSA) is 9.72 Å². The molecule has 3 aliphatic heterocycles. The van der Waals surface area contributed by atoms with Gasteiger partial charge in [0, 0.05) is 25.9 Å². The molecule has 5 aliphatic rings. The first-order chi connectivity index (χ1) is 21.0. The Morgan fingerprint density at radius 2 is 1.00 bits per heavy atom. The molecule has 3 heteroatoms. The molecular formula is C41H83N3. The third-order valence-electron chi connectivity index (χ3n) is 10.5. The van der Waals surface area contributed by atoms with Gasteiger partial charge in [-0.15, -0.1) is 11.8 Å². The molecule has 0 bridgehead atoms. The summed E-state index contributed by atoms with van der Waals surface area (Å²) in [6, 6.07) is 0. The molecule has 6 atom stereocenters. The second-order valence-corrected chi connectivity index (χ2v) is 15.1. The lowest BCUT2D eigenvalue weighted by molar-refractivity contribution is 0.192. The van der Waals surface area contributed by atoms with Crippen LogP contribution < -0.4 is 0 Å². The minimum atomic E-state index is 0.939. The number of likely N-dealkylation sites (tertiary alicyclic amines) is 3. The first kappa shape index (κ1) is 43.4. The van der Waals surface area contributed by atoms with Crippen molar-refractivity contribution in [2.45, 2.75) is 153 Å². The van der Waals surface area contributed by atoms with Gasteiger partial charge in [-0.05, 0) is 140 Å². The monoisotopic (exact) mass is 618 g/mol. The van der Waals surface area contributed by atoms with Gasteiger partial charge in [-0.1, -0.05) is 88.5 Å². The summed E-state index contributed by atoms with van der Waals surface area (Å²) in [6.45, 7) is 31.7. The first-order valence-corrected chi connectivity index (χ1v) is 19.6. The number of nitrogens with zero attached hydrogens (tertiary/aromatic N) is 3. The largest absolute Gasteiger partial charge is 0.306 e. The van der Waals surface area contributed by atoms with Crippen LogP contribution in [-0.2, 0) is 0 Å². The van der Waals surface area contributed by atoms with Gasteiger partial charge >= 0.3 is 0 Å². The Bertz CT molecular complexity index is 652. The fourth-order valence-corrected chi connectivity index (χ4v) is 6.65. The molecule has 2 saturated carbocycles. The molecule has 6 unspecified atom stereocenters. The van der Waals surface area contributed by atoms with Gasteiger partial charge in [-0.3, -0.25) is 0 Å². The fourth-order valence-electron chi connectivity index (χ4n) is 6.65. The molecule has 5 fully saturated rings. The second-order valence-electron chi connectivity index (χ2n) is 15.1. The summed E-state index contributed by atoms with van der Waals surface area (Å²) in [5.74, 6) is 13.1. The first-order valence-electron chi connectivity index (χ1n) is 19.6. The van der Waals surface area contributed by atoms with Gasteiger partial charge < -0.3 is 14.7 Å². The lowest BCUT2D eigenvalue weighted by atomic mass is 9.95. The lowest BCUT2D eigenvalue weighted by Gasteiger charge is -2.29. The molecule has 44 heavy (non-hydrogen) atoms. The Morgan fingerprint density at radius 3 is 1.25 bits per heavy atom. The molecule has 0 spiro atoms. The molecule has 0 aromatic carbocycles. The van der Waals surface area contributed by atoms with Gasteiger partial charge in [0.05, 0.1) is 0 Å². The maximum atomic E-state index is 2.95. The van der Waals surface area contributed by atoms with E-state index in [1.165, 1.54) is 116 Å². The van der Waals surface area contributed by atoms with Crippen molar-refractivity contribution in [1.82, 2.24) is 14.7 Å². The standard InChI is InChI=1S/2C8H17N.C7H15N.2C6H12.C6H10/c1-3-8-4-6-9(2)7-5-8;1-3-9-6-4-5-8(2)7-9;1-7-4-3-5-8(2)6-7;2*1-3-6-4-5(6)2;1-3-5-6-4-2/h2*8H,3-7H2,1-2H3;7H,3-6H2,1-2H3;2*5-6H,3-4H2,1-2H3;3-4H2,1-2H3. The fraction of sp³-hybridized carbons (Fsp3) is 0.951. The van der Waals surface area contributed by atoms with Crippen LogP contribution in [-0.4, -0.2) is 74.6 Å². The Labute approximate surface area is 280 Å². The molecular weight excluding hydrogens is 534 g/mol. The highest BCUT2D eigenvalue weighted by Crippen LogP contribution is 2.40. The summed E-state index contributed by atoms with van der Waals surface area (Å²) in [5, 5.41) is 0. The van der Waals surface area contributed by atoms with E-state index in [2.05, 4.69) is 110 Å². The number of hydrogen-bond acceptors (Lipinski definition) is 3. The van der Waals surface area contributed by atoms with Crippen LogP contribution in [0.2, 0.25) is 0 Å². The molecule has 0 aromatic rings. The second kappa shape index (κ2) is 27.5. The highest BCUT2D eigenvalue weighted by molar-refractivity contribution is 4.96. The number of rotatable bonds is 4. The van der Waals surface area contributed by atoms with Crippen LogP contribution in [0, 0.1) is 53.3 Å². The molecule has 3 saturated heterocycles. The summed E-state index contributed by atoms with van der Waals surface area (Å²) >= 11 is 0. The van der Waals surface area contributed by atoms with Crippen LogP contribution in [0.5, 0.6) is 0 Å². The number of piperidine rings is 3. The maximum absolute atomic E-state index is 2.95. The molecule has 3 heterocycles. The Morgan fingerprint density at radius 1 is 0.545 bits per heavy atom. The summed E-state index contributed by atoms with van der Waals surface area (Å²) < 4.78 is 0. The Hall–Kier alpha value is -0.560. The van der Waals surface area contributed by atoms with Crippen molar-refractivity contribution in [3.05, 3.63) is 0 Å².